The summed E-state index contributed by atoms with van der Waals surface area (Å²) in [4.78, 5) is 13.7. The maximum absolute atomic E-state index is 11.5. The molecular weight excluding hydrogens is 238 g/mol. The largest absolute Gasteiger partial charge is 0.374 e. The quantitative estimate of drug-likeness (QED) is 0.864. The molecule has 0 aromatic heterocycles. The van der Waals surface area contributed by atoms with Crippen molar-refractivity contribution in [1.29, 1.82) is 0 Å². The van der Waals surface area contributed by atoms with Gasteiger partial charge in [-0.25, -0.2) is 0 Å². The molecule has 1 amide bonds. The molecule has 104 valence electrons. The van der Waals surface area contributed by atoms with Crippen molar-refractivity contribution in [3.63, 3.8) is 0 Å². The van der Waals surface area contributed by atoms with Crippen molar-refractivity contribution in [3.05, 3.63) is 29.3 Å². The van der Waals surface area contributed by atoms with Crippen LogP contribution in [-0.2, 0) is 0 Å². The second kappa shape index (κ2) is 6.06. The molecule has 0 aliphatic carbocycles. The van der Waals surface area contributed by atoms with Gasteiger partial charge in [0, 0.05) is 19.3 Å². The van der Waals surface area contributed by atoms with Gasteiger partial charge in [0.15, 0.2) is 0 Å². The van der Waals surface area contributed by atoms with Gasteiger partial charge in [-0.1, -0.05) is 6.07 Å². The molecule has 1 fully saturated rings. The molecule has 2 rings (SSSR count). The number of hydrogen-bond acceptors (Lipinski definition) is 3. The number of amides is 1. The Morgan fingerprint density at radius 3 is 2.95 bits per heavy atom. The zero-order chi connectivity index (χ0) is 13.8. The second-order valence-corrected chi connectivity index (χ2v) is 5.48. The number of aryl methyl sites for hydroxylation is 1. The summed E-state index contributed by atoms with van der Waals surface area (Å²) >= 11 is 0. The van der Waals surface area contributed by atoms with Crippen molar-refractivity contribution < 1.29 is 4.79 Å². The summed E-state index contributed by atoms with van der Waals surface area (Å²) in [5, 5.41) is 3.42. The number of nitrogens with one attached hydrogen (secondary N) is 1. The molecule has 0 radical (unpaired) electrons. The maximum atomic E-state index is 11.5. The lowest BCUT2D eigenvalue weighted by Gasteiger charge is -2.30. The van der Waals surface area contributed by atoms with E-state index in [0.717, 1.165) is 30.9 Å². The summed E-state index contributed by atoms with van der Waals surface area (Å²) in [6, 6.07) is 5.79. The fraction of sp³-hybridized carbons (Fsp3) is 0.533. The van der Waals surface area contributed by atoms with Gasteiger partial charge < -0.3 is 16.0 Å². The molecule has 1 atom stereocenters. The normalized spacial score (nSPS) is 19.2. The maximum Gasteiger partial charge on any atom is 0.250 e. The number of primary amides is 1. The van der Waals surface area contributed by atoms with Gasteiger partial charge in [-0.3, -0.25) is 4.79 Å². The van der Waals surface area contributed by atoms with Crippen LogP contribution in [0.25, 0.3) is 0 Å². The molecule has 4 nitrogen and oxygen atoms in total. The number of piperidine rings is 1. The first-order valence-electron chi connectivity index (χ1n) is 6.90. The van der Waals surface area contributed by atoms with Gasteiger partial charge in [0.2, 0.25) is 0 Å². The van der Waals surface area contributed by atoms with Gasteiger partial charge in [-0.15, -0.1) is 0 Å². The Bertz CT molecular complexity index is 453. The monoisotopic (exact) mass is 261 g/mol. The fourth-order valence-corrected chi connectivity index (χ4v) is 2.73. The van der Waals surface area contributed by atoms with Crippen LogP contribution in [0.1, 0.15) is 28.8 Å². The highest BCUT2D eigenvalue weighted by Crippen LogP contribution is 2.23. The van der Waals surface area contributed by atoms with Gasteiger partial charge in [-0.2, -0.15) is 0 Å². The van der Waals surface area contributed by atoms with Crippen LogP contribution >= 0.6 is 0 Å². The number of nitrogens with two attached hydrogens (primary N) is 1. The van der Waals surface area contributed by atoms with Gasteiger partial charge in [0.25, 0.3) is 5.91 Å². The van der Waals surface area contributed by atoms with E-state index in [2.05, 4.69) is 10.2 Å². The number of anilines is 1. The number of benzene rings is 1. The first-order valence-corrected chi connectivity index (χ1v) is 6.90. The molecule has 1 aliphatic heterocycles. The smallest absolute Gasteiger partial charge is 0.250 e. The van der Waals surface area contributed by atoms with E-state index in [4.69, 9.17) is 5.73 Å². The Balaban J connectivity index is 2.14. The standard InChI is InChI=1S/C15H23N3O/c1-11-5-6-13(15(16)19)14(8-11)18(2)10-12-4-3-7-17-9-12/h5-6,8,12,17H,3-4,7,9-10H2,1-2H3,(H2,16,19). The Kier molecular flexibility index (Phi) is 4.43. The number of rotatable bonds is 4. The average Bonchev–Trinajstić information content (AvgIpc) is 2.39. The minimum atomic E-state index is -0.358. The molecule has 1 heterocycles. The average molecular weight is 261 g/mol. The molecule has 0 saturated carbocycles. The van der Waals surface area contributed by atoms with Crippen LogP contribution in [0.15, 0.2) is 18.2 Å². The topological polar surface area (TPSA) is 58.4 Å². The van der Waals surface area contributed by atoms with Crippen molar-refractivity contribution >= 4 is 11.6 Å². The van der Waals surface area contributed by atoms with E-state index < -0.39 is 0 Å². The Hall–Kier alpha value is -1.55. The summed E-state index contributed by atoms with van der Waals surface area (Å²) in [6.45, 7) is 5.17. The summed E-state index contributed by atoms with van der Waals surface area (Å²) < 4.78 is 0. The Labute approximate surface area is 115 Å². The second-order valence-electron chi connectivity index (χ2n) is 5.48. The minimum absolute atomic E-state index is 0.358. The molecule has 1 aliphatic rings. The lowest BCUT2D eigenvalue weighted by atomic mass is 9.98. The molecule has 1 saturated heterocycles. The van der Waals surface area contributed by atoms with Crippen molar-refractivity contribution in [2.24, 2.45) is 11.7 Å². The highest BCUT2D eigenvalue weighted by Gasteiger charge is 2.18. The third-order valence-corrected chi connectivity index (χ3v) is 3.76. The zero-order valence-electron chi connectivity index (χ0n) is 11.8. The first-order chi connectivity index (χ1) is 9.08. The van der Waals surface area contributed by atoms with E-state index in [1.807, 2.05) is 32.2 Å². The predicted molar refractivity (Wildman–Crippen MR) is 78.6 cm³/mol. The summed E-state index contributed by atoms with van der Waals surface area (Å²) in [5.74, 6) is 0.281. The van der Waals surface area contributed by atoms with E-state index >= 15 is 0 Å². The van der Waals surface area contributed by atoms with Gasteiger partial charge in [0.05, 0.1) is 5.56 Å². The molecule has 4 heteroatoms. The fourth-order valence-electron chi connectivity index (χ4n) is 2.73. The Morgan fingerprint density at radius 2 is 2.32 bits per heavy atom. The molecule has 0 spiro atoms. The molecule has 1 aromatic carbocycles. The SMILES string of the molecule is Cc1ccc(C(N)=O)c(N(C)CC2CCCNC2)c1. The highest BCUT2D eigenvalue weighted by molar-refractivity contribution is 5.98. The summed E-state index contributed by atoms with van der Waals surface area (Å²) in [5.41, 5.74) is 8.16. The highest BCUT2D eigenvalue weighted by atomic mass is 16.1. The minimum Gasteiger partial charge on any atom is -0.374 e. The first kappa shape index (κ1) is 13.9. The van der Waals surface area contributed by atoms with Crippen LogP contribution < -0.4 is 16.0 Å². The lowest BCUT2D eigenvalue weighted by molar-refractivity contribution is 0.100. The van der Waals surface area contributed by atoms with E-state index in [-0.39, 0.29) is 5.91 Å². The van der Waals surface area contributed by atoms with Crippen molar-refractivity contribution in [1.82, 2.24) is 5.32 Å². The lowest BCUT2D eigenvalue weighted by Crippen LogP contribution is -2.37. The molecular formula is C15H23N3O. The number of hydrogen-bond donors (Lipinski definition) is 2. The molecule has 1 unspecified atom stereocenters. The van der Waals surface area contributed by atoms with E-state index in [9.17, 15) is 4.79 Å². The van der Waals surface area contributed by atoms with E-state index in [1.54, 1.807) is 0 Å². The summed E-state index contributed by atoms with van der Waals surface area (Å²) in [7, 11) is 2.04. The number of carbonyl (C=O) groups excluding carboxylic acids is 1. The van der Waals surface area contributed by atoms with Crippen LogP contribution in [0, 0.1) is 12.8 Å². The third kappa shape index (κ3) is 3.47. The molecule has 3 N–H and O–H groups in total. The molecule has 0 bridgehead atoms. The van der Waals surface area contributed by atoms with Crippen LogP contribution in [-0.4, -0.2) is 32.6 Å². The third-order valence-electron chi connectivity index (χ3n) is 3.76. The molecule has 1 aromatic rings. The van der Waals surface area contributed by atoms with Gasteiger partial charge in [0.1, 0.15) is 0 Å². The number of carbonyl (C=O) groups is 1. The zero-order valence-corrected chi connectivity index (χ0v) is 11.8. The predicted octanol–water partition coefficient (Wildman–Crippen LogP) is 1.53. The van der Waals surface area contributed by atoms with Gasteiger partial charge in [-0.05, 0) is 56.5 Å². The van der Waals surface area contributed by atoms with Crippen LogP contribution in [0.5, 0.6) is 0 Å². The van der Waals surface area contributed by atoms with E-state index in [0.29, 0.717) is 11.5 Å². The van der Waals surface area contributed by atoms with Crippen molar-refractivity contribution in [3.8, 4) is 0 Å². The molecule has 19 heavy (non-hydrogen) atoms. The number of nitrogens with zero attached hydrogens (tertiary/aromatic N) is 1. The summed E-state index contributed by atoms with van der Waals surface area (Å²) in [6.07, 6.45) is 2.48. The van der Waals surface area contributed by atoms with Crippen molar-refractivity contribution in [2.75, 3.05) is 31.6 Å². The van der Waals surface area contributed by atoms with Gasteiger partial charge >= 0.3 is 0 Å². The van der Waals surface area contributed by atoms with Crippen LogP contribution in [0.4, 0.5) is 5.69 Å². The Morgan fingerprint density at radius 1 is 1.53 bits per heavy atom. The van der Waals surface area contributed by atoms with E-state index in [1.165, 1.54) is 12.8 Å². The van der Waals surface area contributed by atoms with Crippen molar-refractivity contribution in [2.45, 2.75) is 19.8 Å². The van der Waals surface area contributed by atoms with Crippen LogP contribution in [0.2, 0.25) is 0 Å². The van der Waals surface area contributed by atoms with Crippen LogP contribution in [0.3, 0.4) is 0 Å².